The molecule has 0 aliphatic heterocycles. The van der Waals surface area contributed by atoms with E-state index in [1.165, 1.54) is 0 Å². The predicted molar refractivity (Wildman–Crippen MR) is 125 cm³/mol. The zero-order chi connectivity index (χ0) is 23.6. The first-order chi connectivity index (χ1) is 16.0. The van der Waals surface area contributed by atoms with Crippen LogP contribution in [0.4, 0.5) is 4.79 Å². The second kappa shape index (κ2) is 11.7. The second-order valence-electron chi connectivity index (χ2n) is 7.91. The maximum absolute atomic E-state index is 12.3. The molecule has 3 rings (SSSR count). The molecule has 1 aliphatic carbocycles. The van der Waals surface area contributed by atoms with Crippen LogP contribution in [0.2, 0.25) is 0 Å². The molecule has 2 amide bonds. The molecule has 7 heteroatoms. The molecule has 1 aliphatic rings. The van der Waals surface area contributed by atoms with Gasteiger partial charge < -0.3 is 20.5 Å². The number of hydrogen-bond acceptors (Lipinski definition) is 4. The van der Waals surface area contributed by atoms with E-state index in [1.54, 1.807) is 0 Å². The maximum Gasteiger partial charge on any atom is 0.407 e. The Morgan fingerprint density at radius 3 is 2.27 bits per heavy atom. The SMILES string of the molecule is C#CCCC(=O)NCCCC[C@@H](NC(=O)OCC1c2ccccc2-c2ccccc21)C(=O)O. The number of fused-ring (bicyclic) bond motifs is 3. The normalized spacial score (nSPS) is 12.7. The topological polar surface area (TPSA) is 105 Å². The maximum atomic E-state index is 12.3. The molecule has 0 aromatic heterocycles. The molecule has 2 aromatic rings. The fourth-order valence-corrected chi connectivity index (χ4v) is 4.02. The van der Waals surface area contributed by atoms with Crippen LogP contribution in [-0.4, -0.2) is 42.3 Å². The van der Waals surface area contributed by atoms with Crippen LogP contribution in [0.25, 0.3) is 11.1 Å². The quantitative estimate of drug-likeness (QED) is 0.359. The lowest BCUT2D eigenvalue weighted by molar-refractivity contribution is -0.139. The highest BCUT2D eigenvalue weighted by molar-refractivity contribution is 5.81. The molecule has 3 N–H and O–H groups in total. The minimum Gasteiger partial charge on any atom is -0.480 e. The van der Waals surface area contributed by atoms with Crippen LogP contribution in [0.5, 0.6) is 0 Å². The lowest BCUT2D eigenvalue weighted by Crippen LogP contribution is -2.41. The molecule has 33 heavy (non-hydrogen) atoms. The van der Waals surface area contributed by atoms with Crippen molar-refractivity contribution in [2.75, 3.05) is 13.2 Å². The van der Waals surface area contributed by atoms with E-state index in [0.717, 1.165) is 22.3 Å². The fraction of sp³-hybridized carbons (Fsp3) is 0.346. The highest BCUT2D eigenvalue weighted by Crippen LogP contribution is 2.44. The van der Waals surface area contributed by atoms with E-state index >= 15 is 0 Å². The van der Waals surface area contributed by atoms with E-state index in [9.17, 15) is 19.5 Å². The number of terminal acetylenes is 1. The van der Waals surface area contributed by atoms with Crippen molar-refractivity contribution in [3.63, 3.8) is 0 Å². The number of aliphatic carboxylic acids is 1. The van der Waals surface area contributed by atoms with Gasteiger partial charge in [-0.3, -0.25) is 4.79 Å². The Balaban J connectivity index is 1.46. The highest BCUT2D eigenvalue weighted by Gasteiger charge is 2.29. The molecule has 0 heterocycles. The third kappa shape index (κ3) is 6.36. The largest absolute Gasteiger partial charge is 0.480 e. The third-order valence-corrected chi connectivity index (χ3v) is 5.67. The van der Waals surface area contributed by atoms with Crippen LogP contribution >= 0.6 is 0 Å². The second-order valence-corrected chi connectivity index (χ2v) is 7.91. The van der Waals surface area contributed by atoms with E-state index in [4.69, 9.17) is 11.2 Å². The molecular weight excluding hydrogens is 420 g/mol. The molecule has 2 aromatic carbocycles. The van der Waals surface area contributed by atoms with Gasteiger partial charge in [-0.15, -0.1) is 12.3 Å². The smallest absolute Gasteiger partial charge is 0.407 e. The number of carbonyl (C=O) groups is 3. The van der Waals surface area contributed by atoms with Gasteiger partial charge in [-0.25, -0.2) is 9.59 Å². The van der Waals surface area contributed by atoms with Crippen molar-refractivity contribution in [2.45, 2.75) is 44.1 Å². The molecule has 7 nitrogen and oxygen atoms in total. The molecular formula is C26H28N2O5. The van der Waals surface area contributed by atoms with Crippen LogP contribution in [0.1, 0.15) is 49.1 Å². The van der Waals surface area contributed by atoms with Gasteiger partial charge in [0, 0.05) is 25.3 Å². The van der Waals surface area contributed by atoms with Gasteiger partial charge >= 0.3 is 12.1 Å². The van der Waals surface area contributed by atoms with Crippen LogP contribution in [0, 0.1) is 12.3 Å². The van der Waals surface area contributed by atoms with E-state index in [2.05, 4.69) is 16.6 Å². The molecule has 0 bridgehead atoms. The van der Waals surface area contributed by atoms with Crippen LogP contribution in [0.15, 0.2) is 48.5 Å². The number of ether oxygens (including phenoxy) is 1. The zero-order valence-electron chi connectivity index (χ0n) is 18.4. The average Bonchev–Trinajstić information content (AvgIpc) is 3.14. The third-order valence-electron chi connectivity index (χ3n) is 5.67. The molecule has 172 valence electrons. The lowest BCUT2D eigenvalue weighted by Gasteiger charge is -2.17. The summed E-state index contributed by atoms with van der Waals surface area (Å²) in [5, 5.41) is 14.6. The number of amides is 2. The first kappa shape index (κ1) is 23.9. The molecule has 0 spiro atoms. The number of rotatable bonds is 11. The summed E-state index contributed by atoms with van der Waals surface area (Å²) >= 11 is 0. The van der Waals surface area contributed by atoms with Gasteiger partial charge in [0.15, 0.2) is 0 Å². The standard InChI is InChI=1S/C26H28N2O5/c1-2-3-15-24(29)27-16-9-8-14-23(25(30)31)28-26(32)33-17-22-20-12-6-4-10-18(20)19-11-5-7-13-21(19)22/h1,4-7,10-13,22-23H,3,8-9,14-17H2,(H,27,29)(H,28,32)(H,30,31)/t23-/m1/s1. The minimum absolute atomic E-state index is 0.0930. The summed E-state index contributed by atoms with van der Waals surface area (Å²) in [6.45, 7) is 0.552. The van der Waals surface area contributed by atoms with Crippen molar-refractivity contribution in [3.8, 4) is 23.5 Å². The Morgan fingerprint density at radius 2 is 1.67 bits per heavy atom. The van der Waals surface area contributed by atoms with Crippen molar-refractivity contribution in [3.05, 3.63) is 59.7 Å². The van der Waals surface area contributed by atoms with Crippen molar-refractivity contribution < 1.29 is 24.2 Å². The first-order valence-corrected chi connectivity index (χ1v) is 11.1. The van der Waals surface area contributed by atoms with Crippen LogP contribution < -0.4 is 10.6 Å². The van der Waals surface area contributed by atoms with Crippen LogP contribution in [-0.2, 0) is 14.3 Å². The fourth-order valence-electron chi connectivity index (χ4n) is 4.02. The number of unbranched alkanes of at least 4 members (excludes halogenated alkanes) is 1. The summed E-state index contributed by atoms with van der Waals surface area (Å²) in [7, 11) is 0. The van der Waals surface area contributed by atoms with Crippen molar-refractivity contribution in [2.24, 2.45) is 0 Å². The van der Waals surface area contributed by atoms with E-state index in [-0.39, 0.29) is 31.3 Å². The molecule has 0 saturated carbocycles. The Hall–Kier alpha value is -3.79. The number of carboxylic acid groups (broad SMARTS) is 1. The van der Waals surface area contributed by atoms with Gasteiger partial charge in [0.05, 0.1) is 0 Å². The number of carboxylic acids is 1. The number of nitrogens with one attached hydrogen (secondary N) is 2. The van der Waals surface area contributed by atoms with E-state index in [0.29, 0.717) is 25.8 Å². The van der Waals surface area contributed by atoms with Gasteiger partial charge in [-0.05, 0) is 41.5 Å². The minimum atomic E-state index is -1.12. The predicted octanol–water partition coefficient (Wildman–Crippen LogP) is 3.68. The number of hydrogen-bond donors (Lipinski definition) is 3. The summed E-state index contributed by atoms with van der Waals surface area (Å²) in [6.07, 6.45) is 6.38. The summed E-state index contributed by atoms with van der Waals surface area (Å²) in [5.41, 5.74) is 4.42. The lowest BCUT2D eigenvalue weighted by atomic mass is 9.98. The van der Waals surface area contributed by atoms with Crippen molar-refractivity contribution in [1.82, 2.24) is 10.6 Å². The number of carbonyl (C=O) groups excluding carboxylic acids is 2. The summed E-state index contributed by atoms with van der Waals surface area (Å²) in [4.78, 5) is 35.4. The highest BCUT2D eigenvalue weighted by atomic mass is 16.5. The van der Waals surface area contributed by atoms with Crippen molar-refractivity contribution >= 4 is 18.0 Å². The molecule has 0 radical (unpaired) electrons. The molecule has 0 fully saturated rings. The Labute approximate surface area is 193 Å². The molecule has 1 atom stereocenters. The monoisotopic (exact) mass is 448 g/mol. The summed E-state index contributed by atoms with van der Waals surface area (Å²) in [5.74, 6) is 1.06. The van der Waals surface area contributed by atoms with Gasteiger partial charge in [0.25, 0.3) is 0 Å². The van der Waals surface area contributed by atoms with Gasteiger partial charge in [-0.2, -0.15) is 0 Å². The zero-order valence-corrected chi connectivity index (χ0v) is 18.4. The van der Waals surface area contributed by atoms with Crippen molar-refractivity contribution in [1.29, 1.82) is 0 Å². The Kier molecular flexibility index (Phi) is 8.48. The van der Waals surface area contributed by atoms with Gasteiger partial charge in [-0.1, -0.05) is 48.5 Å². The van der Waals surface area contributed by atoms with E-state index < -0.39 is 18.1 Å². The molecule has 0 unspecified atom stereocenters. The Morgan fingerprint density at radius 1 is 1.03 bits per heavy atom. The summed E-state index contributed by atoms with van der Waals surface area (Å²) in [6, 6.07) is 14.9. The van der Waals surface area contributed by atoms with Gasteiger partial charge in [0.1, 0.15) is 12.6 Å². The first-order valence-electron chi connectivity index (χ1n) is 11.1. The Bertz CT molecular complexity index is 997. The van der Waals surface area contributed by atoms with Crippen LogP contribution in [0.3, 0.4) is 0 Å². The van der Waals surface area contributed by atoms with Gasteiger partial charge in [0.2, 0.25) is 5.91 Å². The molecule has 0 saturated heterocycles. The number of alkyl carbamates (subject to hydrolysis) is 1. The number of benzene rings is 2. The average molecular weight is 449 g/mol. The van der Waals surface area contributed by atoms with E-state index in [1.807, 2.05) is 48.5 Å². The summed E-state index contributed by atoms with van der Waals surface area (Å²) < 4.78 is 5.43.